The van der Waals surface area contributed by atoms with Gasteiger partial charge in [-0.15, -0.1) is 0 Å². The quantitative estimate of drug-likeness (QED) is 0.724. The van der Waals surface area contributed by atoms with E-state index in [1.807, 2.05) is 0 Å². The summed E-state index contributed by atoms with van der Waals surface area (Å²) < 4.78 is 25.8. The van der Waals surface area contributed by atoms with Crippen molar-refractivity contribution in [2.75, 3.05) is 5.75 Å². The lowest BCUT2D eigenvalue weighted by molar-refractivity contribution is 0.0987. The van der Waals surface area contributed by atoms with Crippen molar-refractivity contribution in [3.63, 3.8) is 0 Å². The van der Waals surface area contributed by atoms with Gasteiger partial charge in [-0.05, 0) is 30.7 Å². The fourth-order valence-electron chi connectivity index (χ4n) is 1.67. The van der Waals surface area contributed by atoms with Crippen LogP contribution in [0.2, 0.25) is 0 Å². The van der Waals surface area contributed by atoms with Crippen molar-refractivity contribution >= 4 is 17.5 Å². The first-order chi connectivity index (χ1) is 7.16. The Balaban J connectivity index is 2.24. The third-order valence-corrected chi connectivity index (χ3v) is 3.75. The SMILES string of the molecule is O=C(c1cc(F)cc(F)c1)C1CCCS1. The summed E-state index contributed by atoms with van der Waals surface area (Å²) in [5.41, 5.74) is 0.145. The first-order valence-corrected chi connectivity index (χ1v) is 5.83. The van der Waals surface area contributed by atoms with Crippen molar-refractivity contribution in [3.05, 3.63) is 35.4 Å². The average molecular weight is 228 g/mol. The molecule has 2 rings (SSSR count). The minimum absolute atomic E-state index is 0.119. The largest absolute Gasteiger partial charge is 0.293 e. The molecule has 0 N–H and O–H groups in total. The zero-order chi connectivity index (χ0) is 10.8. The van der Waals surface area contributed by atoms with Gasteiger partial charge in [0, 0.05) is 11.6 Å². The summed E-state index contributed by atoms with van der Waals surface area (Å²) in [6, 6.07) is 2.98. The Bertz CT molecular complexity index is 366. The number of carbonyl (C=O) groups is 1. The molecule has 0 radical (unpaired) electrons. The molecule has 0 bridgehead atoms. The highest BCUT2D eigenvalue weighted by Crippen LogP contribution is 2.29. The second kappa shape index (κ2) is 4.31. The number of Topliss-reactive ketones (excluding diaryl/α,β-unsaturated/α-hetero) is 1. The predicted molar refractivity (Wildman–Crippen MR) is 56.2 cm³/mol. The molecule has 0 aromatic heterocycles. The van der Waals surface area contributed by atoms with Crippen LogP contribution in [0.4, 0.5) is 8.78 Å². The van der Waals surface area contributed by atoms with Gasteiger partial charge in [-0.3, -0.25) is 4.79 Å². The Morgan fingerprint density at radius 2 is 1.93 bits per heavy atom. The van der Waals surface area contributed by atoms with Crippen LogP contribution in [0.3, 0.4) is 0 Å². The zero-order valence-corrected chi connectivity index (χ0v) is 8.82. The summed E-state index contributed by atoms with van der Waals surface area (Å²) in [6.07, 6.45) is 1.81. The number of rotatable bonds is 2. The van der Waals surface area contributed by atoms with Gasteiger partial charge in [-0.25, -0.2) is 8.78 Å². The van der Waals surface area contributed by atoms with E-state index in [1.165, 1.54) is 0 Å². The summed E-state index contributed by atoms with van der Waals surface area (Å²) in [5.74, 6) is -0.590. The summed E-state index contributed by atoms with van der Waals surface area (Å²) in [7, 11) is 0. The fourth-order valence-corrected chi connectivity index (χ4v) is 2.91. The zero-order valence-electron chi connectivity index (χ0n) is 8.00. The summed E-state index contributed by atoms with van der Waals surface area (Å²) in [5, 5.41) is -0.119. The van der Waals surface area contributed by atoms with Crippen LogP contribution in [0.5, 0.6) is 0 Å². The first kappa shape index (κ1) is 10.6. The summed E-state index contributed by atoms with van der Waals surface area (Å²) in [6.45, 7) is 0. The van der Waals surface area contributed by atoms with Crippen molar-refractivity contribution in [1.82, 2.24) is 0 Å². The van der Waals surface area contributed by atoms with E-state index < -0.39 is 11.6 Å². The molecule has 1 unspecified atom stereocenters. The molecule has 15 heavy (non-hydrogen) atoms. The van der Waals surface area contributed by atoms with E-state index in [4.69, 9.17) is 0 Å². The molecule has 1 aromatic rings. The van der Waals surface area contributed by atoms with Gasteiger partial charge in [0.25, 0.3) is 0 Å². The molecule has 1 aromatic carbocycles. The second-order valence-electron chi connectivity index (χ2n) is 3.52. The van der Waals surface area contributed by atoms with Crippen LogP contribution in [-0.4, -0.2) is 16.8 Å². The number of halogens is 2. The monoisotopic (exact) mass is 228 g/mol. The Kier molecular flexibility index (Phi) is 3.05. The van der Waals surface area contributed by atoms with Crippen molar-refractivity contribution in [1.29, 1.82) is 0 Å². The van der Waals surface area contributed by atoms with Crippen LogP contribution < -0.4 is 0 Å². The minimum atomic E-state index is -0.693. The molecule has 1 aliphatic rings. The minimum Gasteiger partial charge on any atom is -0.293 e. The van der Waals surface area contributed by atoms with Gasteiger partial charge in [0.2, 0.25) is 0 Å². The van der Waals surface area contributed by atoms with E-state index in [-0.39, 0.29) is 16.6 Å². The second-order valence-corrected chi connectivity index (χ2v) is 4.83. The maximum atomic E-state index is 12.9. The van der Waals surface area contributed by atoms with Crippen molar-refractivity contribution < 1.29 is 13.6 Å². The molecule has 0 saturated carbocycles. The summed E-state index contributed by atoms with van der Waals surface area (Å²) >= 11 is 1.56. The topological polar surface area (TPSA) is 17.1 Å². The van der Waals surface area contributed by atoms with Gasteiger partial charge in [-0.1, -0.05) is 0 Å². The van der Waals surface area contributed by atoms with Gasteiger partial charge < -0.3 is 0 Å². The number of benzene rings is 1. The molecule has 1 heterocycles. The van der Waals surface area contributed by atoms with Gasteiger partial charge in [0.05, 0.1) is 5.25 Å². The Morgan fingerprint density at radius 1 is 1.27 bits per heavy atom. The Hall–Kier alpha value is -0.900. The number of hydrogen-bond acceptors (Lipinski definition) is 2. The number of thioether (sulfide) groups is 1. The molecule has 1 aliphatic heterocycles. The van der Waals surface area contributed by atoms with E-state index >= 15 is 0 Å². The fraction of sp³-hybridized carbons (Fsp3) is 0.364. The maximum Gasteiger partial charge on any atom is 0.176 e. The average Bonchev–Trinajstić information content (AvgIpc) is 2.67. The van der Waals surface area contributed by atoms with Crippen molar-refractivity contribution in [3.8, 4) is 0 Å². The van der Waals surface area contributed by atoms with Crippen LogP contribution in [0.25, 0.3) is 0 Å². The van der Waals surface area contributed by atoms with Crippen LogP contribution in [0.1, 0.15) is 23.2 Å². The van der Waals surface area contributed by atoms with Crippen molar-refractivity contribution in [2.24, 2.45) is 0 Å². The van der Waals surface area contributed by atoms with Gasteiger partial charge in [0.15, 0.2) is 5.78 Å². The van der Waals surface area contributed by atoms with Crippen molar-refractivity contribution in [2.45, 2.75) is 18.1 Å². The van der Waals surface area contributed by atoms with E-state index in [0.29, 0.717) is 0 Å². The van der Waals surface area contributed by atoms with E-state index in [1.54, 1.807) is 11.8 Å². The lowest BCUT2D eigenvalue weighted by Crippen LogP contribution is -2.14. The van der Waals surface area contributed by atoms with Crippen LogP contribution in [-0.2, 0) is 0 Å². The van der Waals surface area contributed by atoms with Gasteiger partial charge in [0.1, 0.15) is 11.6 Å². The molecule has 0 spiro atoms. The standard InChI is InChI=1S/C11H10F2OS/c12-8-4-7(5-9(13)6-8)11(14)10-2-1-3-15-10/h4-6,10H,1-3H2. The Morgan fingerprint density at radius 3 is 2.47 bits per heavy atom. The van der Waals surface area contributed by atoms with E-state index in [2.05, 4.69) is 0 Å². The van der Waals surface area contributed by atoms with E-state index in [9.17, 15) is 13.6 Å². The van der Waals surface area contributed by atoms with Crippen LogP contribution in [0, 0.1) is 11.6 Å². The normalized spacial score (nSPS) is 20.5. The van der Waals surface area contributed by atoms with E-state index in [0.717, 1.165) is 36.8 Å². The lowest BCUT2D eigenvalue weighted by atomic mass is 10.1. The maximum absolute atomic E-state index is 12.9. The number of carbonyl (C=O) groups excluding carboxylic acids is 1. The smallest absolute Gasteiger partial charge is 0.176 e. The molecule has 0 aliphatic carbocycles. The summed E-state index contributed by atoms with van der Waals surface area (Å²) in [4.78, 5) is 11.8. The molecule has 0 amide bonds. The molecule has 1 fully saturated rings. The number of ketones is 1. The molecule has 1 nitrogen and oxygen atoms in total. The van der Waals surface area contributed by atoms with Crippen LogP contribution in [0.15, 0.2) is 18.2 Å². The molecule has 1 atom stereocenters. The Labute approximate surface area is 90.9 Å². The molecular formula is C11H10F2OS. The lowest BCUT2D eigenvalue weighted by Gasteiger charge is -2.07. The molecule has 4 heteroatoms. The third kappa shape index (κ3) is 2.37. The highest BCUT2D eigenvalue weighted by Gasteiger charge is 2.25. The van der Waals surface area contributed by atoms with Gasteiger partial charge in [-0.2, -0.15) is 11.8 Å². The van der Waals surface area contributed by atoms with Gasteiger partial charge >= 0.3 is 0 Å². The van der Waals surface area contributed by atoms with Crippen LogP contribution >= 0.6 is 11.8 Å². The predicted octanol–water partition coefficient (Wildman–Crippen LogP) is 3.04. The third-order valence-electron chi connectivity index (χ3n) is 2.37. The molecular weight excluding hydrogens is 218 g/mol. The molecule has 80 valence electrons. The highest BCUT2D eigenvalue weighted by molar-refractivity contribution is 8.00. The highest BCUT2D eigenvalue weighted by atomic mass is 32.2. The number of hydrogen-bond donors (Lipinski definition) is 0. The molecule has 1 saturated heterocycles. The first-order valence-electron chi connectivity index (χ1n) is 4.79.